The fourth-order valence-corrected chi connectivity index (χ4v) is 3.40. The Kier molecular flexibility index (Phi) is 6.16. The summed E-state index contributed by atoms with van der Waals surface area (Å²) in [6, 6.07) is 9.50. The second-order valence-corrected chi connectivity index (χ2v) is 7.08. The van der Waals surface area contributed by atoms with Crippen LogP contribution in [0.1, 0.15) is 47.9 Å². The molecule has 1 aliphatic heterocycles. The number of hydrogen-bond acceptors (Lipinski definition) is 4. The van der Waals surface area contributed by atoms with Crippen molar-refractivity contribution < 1.29 is 14.0 Å². The predicted molar refractivity (Wildman–Crippen MR) is 105 cm³/mol. The van der Waals surface area contributed by atoms with Crippen LogP contribution in [0, 0.1) is 6.92 Å². The van der Waals surface area contributed by atoms with Crippen LogP contribution in [0.2, 0.25) is 0 Å². The number of hydrogen-bond donors (Lipinski definition) is 2. The topological polar surface area (TPSA) is 74.6 Å². The van der Waals surface area contributed by atoms with Crippen molar-refractivity contribution in [2.24, 2.45) is 0 Å². The van der Waals surface area contributed by atoms with Gasteiger partial charge in [-0.25, -0.2) is 0 Å². The number of anilines is 1. The molecule has 27 heavy (non-hydrogen) atoms. The molecular formula is C21H27N3O3. The van der Waals surface area contributed by atoms with Gasteiger partial charge in [0.1, 0.15) is 5.76 Å². The molecule has 144 valence electrons. The number of likely N-dealkylation sites (tertiary alicyclic amines) is 1. The van der Waals surface area contributed by atoms with Gasteiger partial charge in [-0.1, -0.05) is 0 Å². The minimum Gasteiger partial charge on any atom is -0.467 e. The van der Waals surface area contributed by atoms with Crippen molar-refractivity contribution in [3.8, 4) is 0 Å². The van der Waals surface area contributed by atoms with Crippen LogP contribution in [-0.4, -0.2) is 35.8 Å². The molecule has 2 N–H and O–H groups in total. The van der Waals surface area contributed by atoms with E-state index in [9.17, 15) is 9.59 Å². The highest BCUT2D eigenvalue weighted by atomic mass is 16.3. The number of carbonyl (C=O) groups is 2. The Hall–Kier alpha value is -2.76. The first-order chi connectivity index (χ1) is 13.0. The first-order valence-electron chi connectivity index (χ1n) is 9.49. The van der Waals surface area contributed by atoms with Gasteiger partial charge in [-0.3, -0.25) is 9.59 Å². The average molecular weight is 369 g/mol. The lowest BCUT2D eigenvalue weighted by Gasteiger charge is -2.33. The van der Waals surface area contributed by atoms with Gasteiger partial charge in [0.05, 0.1) is 19.4 Å². The van der Waals surface area contributed by atoms with Crippen LogP contribution in [0.15, 0.2) is 41.0 Å². The van der Waals surface area contributed by atoms with Crippen molar-refractivity contribution in [1.29, 1.82) is 0 Å². The monoisotopic (exact) mass is 369 g/mol. The number of nitrogens with zero attached hydrogens (tertiary/aromatic N) is 1. The van der Waals surface area contributed by atoms with Gasteiger partial charge >= 0.3 is 0 Å². The molecule has 0 spiro atoms. The van der Waals surface area contributed by atoms with Crippen molar-refractivity contribution in [3.63, 3.8) is 0 Å². The van der Waals surface area contributed by atoms with E-state index in [-0.39, 0.29) is 18.4 Å². The summed E-state index contributed by atoms with van der Waals surface area (Å²) in [6.07, 6.45) is 4.91. The zero-order valence-corrected chi connectivity index (χ0v) is 16.0. The molecule has 1 aromatic carbocycles. The number of rotatable bonds is 6. The summed E-state index contributed by atoms with van der Waals surface area (Å²) < 4.78 is 5.19. The van der Waals surface area contributed by atoms with Crippen LogP contribution in [0.5, 0.6) is 0 Å². The molecule has 1 aliphatic rings. The lowest BCUT2D eigenvalue weighted by atomic mass is 10.0. The fraction of sp³-hybridized carbons (Fsp3) is 0.429. The van der Waals surface area contributed by atoms with E-state index in [1.54, 1.807) is 12.3 Å². The molecule has 2 aromatic rings. The Morgan fingerprint density at radius 1 is 1.26 bits per heavy atom. The van der Waals surface area contributed by atoms with Gasteiger partial charge in [0, 0.05) is 23.8 Å². The lowest BCUT2D eigenvalue weighted by Crippen LogP contribution is -2.42. The summed E-state index contributed by atoms with van der Waals surface area (Å²) in [4.78, 5) is 26.7. The highest BCUT2D eigenvalue weighted by Crippen LogP contribution is 2.22. The second kappa shape index (κ2) is 8.75. The number of benzene rings is 1. The Labute approximate surface area is 159 Å². The molecule has 1 aromatic heterocycles. The maximum absolute atomic E-state index is 12.8. The van der Waals surface area contributed by atoms with Crippen LogP contribution in [0.4, 0.5) is 5.69 Å². The zero-order chi connectivity index (χ0) is 19.2. The molecule has 0 saturated carbocycles. The molecule has 6 nitrogen and oxygen atoms in total. The SMILES string of the molecule is Cc1cc(C(=O)N2CCCCC2C)ccc1NCC(=O)NCc1ccco1. The van der Waals surface area contributed by atoms with Gasteiger partial charge in [0.25, 0.3) is 5.91 Å². The molecule has 1 atom stereocenters. The van der Waals surface area contributed by atoms with Gasteiger partial charge < -0.3 is 20.0 Å². The highest BCUT2D eigenvalue weighted by molar-refractivity contribution is 5.95. The molecule has 0 radical (unpaired) electrons. The van der Waals surface area contributed by atoms with Crippen molar-refractivity contribution >= 4 is 17.5 Å². The molecule has 1 saturated heterocycles. The van der Waals surface area contributed by atoms with Crippen molar-refractivity contribution in [2.75, 3.05) is 18.4 Å². The Bertz CT molecular complexity index is 786. The van der Waals surface area contributed by atoms with Gasteiger partial charge in [-0.2, -0.15) is 0 Å². The Balaban J connectivity index is 1.54. The summed E-state index contributed by atoms with van der Waals surface area (Å²) in [6.45, 7) is 5.42. The third kappa shape index (κ3) is 4.90. The van der Waals surface area contributed by atoms with Gasteiger partial charge in [0.2, 0.25) is 5.91 Å². The Morgan fingerprint density at radius 2 is 2.11 bits per heavy atom. The summed E-state index contributed by atoms with van der Waals surface area (Å²) in [5, 5.41) is 5.93. The molecule has 6 heteroatoms. The molecule has 2 heterocycles. The van der Waals surface area contributed by atoms with Crippen LogP contribution in [0.3, 0.4) is 0 Å². The standard InChI is InChI=1S/C21H27N3O3/c1-15-12-17(21(26)24-10-4-3-6-16(24)2)8-9-19(15)22-14-20(25)23-13-18-7-5-11-27-18/h5,7-9,11-12,16,22H,3-4,6,10,13-14H2,1-2H3,(H,23,25). The maximum atomic E-state index is 12.8. The molecular weight excluding hydrogens is 342 g/mol. The van der Waals surface area contributed by atoms with E-state index in [0.29, 0.717) is 23.9 Å². The summed E-state index contributed by atoms with van der Waals surface area (Å²) in [5.74, 6) is 0.690. The lowest BCUT2D eigenvalue weighted by molar-refractivity contribution is -0.119. The van der Waals surface area contributed by atoms with Crippen LogP contribution in [0.25, 0.3) is 0 Å². The average Bonchev–Trinajstić information content (AvgIpc) is 3.19. The largest absolute Gasteiger partial charge is 0.467 e. The second-order valence-electron chi connectivity index (χ2n) is 7.08. The summed E-state index contributed by atoms with van der Waals surface area (Å²) in [5.41, 5.74) is 2.50. The predicted octanol–water partition coefficient (Wildman–Crippen LogP) is 3.33. The smallest absolute Gasteiger partial charge is 0.254 e. The molecule has 3 rings (SSSR count). The number of piperidine rings is 1. The minimum absolute atomic E-state index is 0.0908. The van der Waals surface area contributed by atoms with Gasteiger partial charge in [-0.15, -0.1) is 0 Å². The van der Waals surface area contributed by atoms with E-state index in [2.05, 4.69) is 17.6 Å². The van der Waals surface area contributed by atoms with Crippen LogP contribution in [-0.2, 0) is 11.3 Å². The van der Waals surface area contributed by atoms with E-state index in [1.807, 2.05) is 36.1 Å². The normalized spacial score (nSPS) is 16.8. The zero-order valence-electron chi connectivity index (χ0n) is 16.0. The maximum Gasteiger partial charge on any atom is 0.254 e. The number of aryl methyl sites for hydroxylation is 1. The Morgan fingerprint density at radius 3 is 2.81 bits per heavy atom. The van der Waals surface area contributed by atoms with Gasteiger partial charge in [-0.05, 0) is 69.0 Å². The fourth-order valence-electron chi connectivity index (χ4n) is 3.40. The minimum atomic E-state index is -0.118. The summed E-state index contributed by atoms with van der Waals surface area (Å²) in [7, 11) is 0. The molecule has 1 unspecified atom stereocenters. The van der Waals surface area contributed by atoms with Gasteiger partial charge in [0.15, 0.2) is 0 Å². The number of amides is 2. The van der Waals surface area contributed by atoms with E-state index in [0.717, 1.165) is 30.6 Å². The molecule has 0 bridgehead atoms. The van der Waals surface area contributed by atoms with E-state index in [1.165, 1.54) is 6.42 Å². The van der Waals surface area contributed by atoms with Crippen LogP contribution >= 0.6 is 0 Å². The first-order valence-corrected chi connectivity index (χ1v) is 9.49. The van der Waals surface area contributed by atoms with E-state index >= 15 is 0 Å². The molecule has 2 amide bonds. The quantitative estimate of drug-likeness (QED) is 0.819. The molecule has 1 fully saturated rings. The third-order valence-electron chi connectivity index (χ3n) is 5.02. The van der Waals surface area contributed by atoms with Crippen molar-refractivity contribution in [1.82, 2.24) is 10.2 Å². The molecule has 0 aliphatic carbocycles. The number of nitrogens with one attached hydrogen (secondary N) is 2. The van der Waals surface area contributed by atoms with Crippen molar-refractivity contribution in [3.05, 3.63) is 53.5 Å². The highest BCUT2D eigenvalue weighted by Gasteiger charge is 2.24. The number of furan rings is 1. The summed E-state index contributed by atoms with van der Waals surface area (Å²) >= 11 is 0. The van der Waals surface area contributed by atoms with Crippen LogP contribution < -0.4 is 10.6 Å². The van der Waals surface area contributed by atoms with E-state index in [4.69, 9.17) is 4.42 Å². The number of carbonyl (C=O) groups excluding carboxylic acids is 2. The third-order valence-corrected chi connectivity index (χ3v) is 5.02. The first kappa shape index (κ1) is 19.0. The van der Waals surface area contributed by atoms with Crippen molar-refractivity contribution in [2.45, 2.75) is 45.7 Å². The van der Waals surface area contributed by atoms with E-state index < -0.39 is 0 Å².